The van der Waals surface area contributed by atoms with Crippen LogP contribution in [0.15, 0.2) is 42.5 Å². The van der Waals surface area contributed by atoms with E-state index in [4.69, 9.17) is 32.2 Å². The molecule has 0 spiro atoms. The van der Waals surface area contributed by atoms with Gasteiger partial charge in [-0.1, -0.05) is 31.3 Å². The average Bonchev–Trinajstić information content (AvgIpc) is 2.59. The molecular formula is C18H21NO3S. The van der Waals surface area contributed by atoms with Crippen LogP contribution in [0.5, 0.6) is 17.2 Å². The normalized spacial score (nSPS) is 10.2. The summed E-state index contributed by atoms with van der Waals surface area (Å²) in [5, 5.41) is 0. The Morgan fingerprint density at radius 2 is 1.70 bits per heavy atom. The molecule has 0 atom stereocenters. The van der Waals surface area contributed by atoms with Crippen LogP contribution in [0.3, 0.4) is 0 Å². The molecule has 0 unspecified atom stereocenters. The Morgan fingerprint density at radius 1 is 1.00 bits per heavy atom. The lowest BCUT2D eigenvalue weighted by Gasteiger charge is -2.12. The van der Waals surface area contributed by atoms with Crippen molar-refractivity contribution in [3.05, 3.63) is 53.6 Å². The van der Waals surface area contributed by atoms with Crippen molar-refractivity contribution in [2.75, 3.05) is 20.3 Å². The highest BCUT2D eigenvalue weighted by Crippen LogP contribution is 2.28. The molecule has 0 saturated carbocycles. The Morgan fingerprint density at radius 3 is 2.30 bits per heavy atom. The van der Waals surface area contributed by atoms with Gasteiger partial charge in [-0.2, -0.15) is 0 Å². The van der Waals surface area contributed by atoms with Gasteiger partial charge < -0.3 is 19.9 Å². The van der Waals surface area contributed by atoms with Crippen LogP contribution in [-0.2, 0) is 6.42 Å². The van der Waals surface area contributed by atoms with Crippen molar-refractivity contribution in [1.82, 2.24) is 0 Å². The Labute approximate surface area is 142 Å². The van der Waals surface area contributed by atoms with Crippen molar-refractivity contribution in [3.8, 4) is 17.2 Å². The smallest absolute Gasteiger partial charge is 0.161 e. The van der Waals surface area contributed by atoms with Crippen molar-refractivity contribution in [2.24, 2.45) is 5.73 Å². The maximum atomic E-state index is 5.70. The van der Waals surface area contributed by atoms with E-state index in [2.05, 4.69) is 19.1 Å². The van der Waals surface area contributed by atoms with Gasteiger partial charge in [0.2, 0.25) is 0 Å². The van der Waals surface area contributed by atoms with Gasteiger partial charge in [0.1, 0.15) is 24.0 Å². The summed E-state index contributed by atoms with van der Waals surface area (Å²) in [6, 6.07) is 13.4. The summed E-state index contributed by atoms with van der Waals surface area (Å²) in [6.45, 7) is 2.99. The minimum atomic E-state index is 0.328. The molecule has 0 fully saturated rings. The molecule has 23 heavy (non-hydrogen) atoms. The second-order valence-corrected chi connectivity index (χ2v) is 5.36. The van der Waals surface area contributed by atoms with Gasteiger partial charge in [-0.15, -0.1) is 0 Å². The second-order valence-electron chi connectivity index (χ2n) is 4.92. The topological polar surface area (TPSA) is 53.7 Å². The molecular weight excluding hydrogens is 310 g/mol. The Balaban J connectivity index is 1.86. The predicted octanol–water partition coefficient (Wildman–Crippen LogP) is 3.35. The average molecular weight is 331 g/mol. The third kappa shape index (κ3) is 4.86. The van der Waals surface area contributed by atoms with Crippen molar-refractivity contribution in [3.63, 3.8) is 0 Å². The monoisotopic (exact) mass is 331 g/mol. The van der Waals surface area contributed by atoms with Gasteiger partial charge in [-0.3, -0.25) is 0 Å². The zero-order valence-corrected chi connectivity index (χ0v) is 14.2. The number of hydrogen-bond acceptors (Lipinski definition) is 4. The van der Waals surface area contributed by atoms with E-state index in [1.165, 1.54) is 5.56 Å². The fraction of sp³-hybridized carbons (Fsp3) is 0.278. The van der Waals surface area contributed by atoms with E-state index in [0.29, 0.717) is 29.7 Å². The van der Waals surface area contributed by atoms with Crippen LogP contribution < -0.4 is 19.9 Å². The molecule has 4 nitrogen and oxygen atoms in total. The minimum Gasteiger partial charge on any atom is -0.493 e. The summed E-state index contributed by atoms with van der Waals surface area (Å²) in [6.07, 6.45) is 1.02. The third-order valence-electron chi connectivity index (χ3n) is 3.39. The van der Waals surface area contributed by atoms with Gasteiger partial charge in [0.25, 0.3) is 0 Å². The third-order valence-corrected chi connectivity index (χ3v) is 3.63. The summed E-state index contributed by atoms with van der Waals surface area (Å²) in [5.74, 6) is 2.07. The summed E-state index contributed by atoms with van der Waals surface area (Å²) in [7, 11) is 1.58. The summed E-state index contributed by atoms with van der Waals surface area (Å²) >= 11 is 4.95. The molecule has 0 radical (unpaired) electrons. The van der Waals surface area contributed by atoms with E-state index < -0.39 is 0 Å². The number of thiocarbonyl (C=S) groups is 1. The largest absolute Gasteiger partial charge is 0.493 e. The van der Waals surface area contributed by atoms with E-state index in [1.807, 2.05) is 18.2 Å². The number of ether oxygens (including phenoxy) is 3. The number of rotatable bonds is 8. The van der Waals surface area contributed by atoms with Gasteiger partial charge in [0.05, 0.1) is 7.11 Å². The molecule has 0 amide bonds. The first-order valence-electron chi connectivity index (χ1n) is 7.46. The van der Waals surface area contributed by atoms with Crippen molar-refractivity contribution in [2.45, 2.75) is 13.3 Å². The van der Waals surface area contributed by atoms with Crippen LogP contribution in [0.1, 0.15) is 18.1 Å². The lowest BCUT2D eigenvalue weighted by molar-refractivity contribution is 0.211. The molecule has 5 heteroatoms. The Hall–Kier alpha value is -2.27. The number of methoxy groups -OCH3 is 1. The SMILES string of the molecule is CCc1ccc(OCCOc2ccc(C(N)=S)cc2OC)cc1. The molecule has 0 bridgehead atoms. The first kappa shape index (κ1) is 17.1. The highest BCUT2D eigenvalue weighted by Gasteiger charge is 2.07. The molecule has 2 aromatic rings. The zero-order chi connectivity index (χ0) is 16.7. The van der Waals surface area contributed by atoms with Gasteiger partial charge in [-0.05, 0) is 42.3 Å². The highest BCUT2D eigenvalue weighted by atomic mass is 32.1. The molecule has 2 rings (SSSR count). The maximum absolute atomic E-state index is 5.70. The summed E-state index contributed by atoms with van der Waals surface area (Å²) < 4.78 is 16.6. The van der Waals surface area contributed by atoms with Gasteiger partial charge in [0.15, 0.2) is 11.5 Å². The minimum absolute atomic E-state index is 0.328. The van der Waals surface area contributed by atoms with E-state index in [0.717, 1.165) is 17.7 Å². The maximum Gasteiger partial charge on any atom is 0.161 e. The van der Waals surface area contributed by atoms with Crippen molar-refractivity contribution >= 4 is 17.2 Å². The Bertz CT molecular complexity index is 656. The van der Waals surface area contributed by atoms with E-state index in [1.54, 1.807) is 19.2 Å². The van der Waals surface area contributed by atoms with E-state index in [9.17, 15) is 0 Å². The Kier molecular flexibility index (Phi) is 6.23. The highest BCUT2D eigenvalue weighted by molar-refractivity contribution is 7.80. The van der Waals surface area contributed by atoms with Crippen molar-refractivity contribution < 1.29 is 14.2 Å². The van der Waals surface area contributed by atoms with Crippen LogP contribution in [0.4, 0.5) is 0 Å². The fourth-order valence-electron chi connectivity index (χ4n) is 2.07. The molecule has 122 valence electrons. The lowest BCUT2D eigenvalue weighted by Crippen LogP contribution is -2.11. The van der Waals surface area contributed by atoms with Gasteiger partial charge >= 0.3 is 0 Å². The quantitative estimate of drug-likeness (QED) is 0.594. The second kappa shape index (κ2) is 8.39. The standard InChI is InChI=1S/C18H21NO3S/c1-3-13-4-7-15(8-5-13)21-10-11-22-16-9-6-14(18(19)23)12-17(16)20-2/h4-9,12H,3,10-11H2,1-2H3,(H2,19,23). The molecule has 0 aromatic heterocycles. The molecule has 0 saturated heterocycles. The van der Waals surface area contributed by atoms with Gasteiger partial charge in [-0.25, -0.2) is 0 Å². The van der Waals surface area contributed by atoms with Gasteiger partial charge in [0, 0.05) is 5.56 Å². The zero-order valence-electron chi connectivity index (χ0n) is 13.4. The van der Waals surface area contributed by atoms with E-state index in [-0.39, 0.29) is 0 Å². The van der Waals surface area contributed by atoms with Crippen LogP contribution in [0, 0.1) is 0 Å². The van der Waals surface area contributed by atoms with Crippen LogP contribution >= 0.6 is 12.2 Å². The molecule has 2 N–H and O–H groups in total. The van der Waals surface area contributed by atoms with E-state index >= 15 is 0 Å². The summed E-state index contributed by atoms with van der Waals surface area (Å²) in [4.78, 5) is 0.328. The molecule has 0 aliphatic rings. The molecule has 0 heterocycles. The predicted molar refractivity (Wildman–Crippen MR) is 95.7 cm³/mol. The number of nitrogens with two attached hydrogens (primary N) is 1. The first-order chi connectivity index (χ1) is 11.1. The van der Waals surface area contributed by atoms with Crippen LogP contribution in [-0.4, -0.2) is 25.3 Å². The molecule has 2 aromatic carbocycles. The number of hydrogen-bond donors (Lipinski definition) is 1. The van der Waals surface area contributed by atoms with Crippen LogP contribution in [0.2, 0.25) is 0 Å². The number of benzene rings is 2. The number of aryl methyl sites for hydroxylation is 1. The molecule has 0 aliphatic heterocycles. The fourth-order valence-corrected chi connectivity index (χ4v) is 2.20. The van der Waals surface area contributed by atoms with Crippen molar-refractivity contribution in [1.29, 1.82) is 0 Å². The first-order valence-corrected chi connectivity index (χ1v) is 7.87. The molecule has 0 aliphatic carbocycles. The van der Waals surface area contributed by atoms with Crippen LogP contribution in [0.25, 0.3) is 0 Å². The lowest BCUT2D eigenvalue weighted by atomic mass is 10.2. The summed E-state index contributed by atoms with van der Waals surface area (Å²) in [5.41, 5.74) is 7.64.